The van der Waals surface area contributed by atoms with Crippen LogP contribution in [0.4, 0.5) is 0 Å². The molecule has 0 bridgehead atoms. The molecule has 2 heterocycles. The molecule has 6 heteroatoms. The van der Waals surface area contributed by atoms with Crippen LogP contribution in [0.25, 0.3) is 0 Å². The van der Waals surface area contributed by atoms with Gasteiger partial charge in [-0.15, -0.1) is 0 Å². The second-order valence-electron chi connectivity index (χ2n) is 13.9. The SMILES string of the molecule is CC1(C)OB(c2ccc(C3Cc4ccccc4CC3c3ccc(B4OC(C)(C)C(C)(C)O4)cc3)cc2)OC1(C)C. The highest BCUT2D eigenvalue weighted by Gasteiger charge is 2.52. The van der Waals surface area contributed by atoms with Crippen molar-refractivity contribution >= 4 is 25.2 Å². The monoisotopic (exact) mass is 536 g/mol. The number of rotatable bonds is 4. The summed E-state index contributed by atoms with van der Waals surface area (Å²) in [6.07, 6.45) is 2.05. The standard InChI is InChI=1S/C34H42B2O4/c1-31(2)32(3,4)38-35(37-31)27-17-13-23(14-18-27)29-21-25-11-9-10-12-26(25)22-30(29)24-15-19-28(20-16-24)36-39-33(5,6)34(7,8)40-36/h9-20,29-30H,21-22H2,1-8H3. The van der Waals surface area contributed by atoms with Crippen molar-refractivity contribution in [2.24, 2.45) is 0 Å². The first-order chi connectivity index (χ1) is 18.8. The molecule has 0 aromatic heterocycles. The summed E-state index contributed by atoms with van der Waals surface area (Å²) in [5.41, 5.74) is 6.37. The fraction of sp³-hybridized carbons (Fsp3) is 0.471. The molecule has 0 spiro atoms. The van der Waals surface area contributed by atoms with Gasteiger partial charge in [0.1, 0.15) is 0 Å². The Kier molecular flexibility index (Phi) is 6.66. The van der Waals surface area contributed by atoms with Crippen molar-refractivity contribution in [3.63, 3.8) is 0 Å². The predicted molar refractivity (Wildman–Crippen MR) is 164 cm³/mol. The highest BCUT2D eigenvalue weighted by molar-refractivity contribution is 6.62. The second-order valence-corrected chi connectivity index (χ2v) is 13.9. The molecule has 2 aliphatic heterocycles. The molecule has 0 saturated carbocycles. The first-order valence-electron chi connectivity index (χ1n) is 14.7. The smallest absolute Gasteiger partial charge is 0.399 e. The Bertz CT molecular complexity index is 1240. The van der Waals surface area contributed by atoms with Gasteiger partial charge in [-0.1, -0.05) is 72.8 Å². The molecular weight excluding hydrogens is 494 g/mol. The van der Waals surface area contributed by atoms with Gasteiger partial charge in [0.25, 0.3) is 0 Å². The third kappa shape index (κ3) is 4.77. The van der Waals surface area contributed by atoms with E-state index in [-0.39, 0.29) is 36.6 Å². The molecule has 40 heavy (non-hydrogen) atoms. The number of hydrogen-bond donors (Lipinski definition) is 0. The van der Waals surface area contributed by atoms with Crippen LogP contribution in [0, 0.1) is 0 Å². The fourth-order valence-corrected chi connectivity index (χ4v) is 6.17. The zero-order chi connectivity index (χ0) is 28.5. The van der Waals surface area contributed by atoms with Crippen LogP contribution in [-0.4, -0.2) is 36.6 Å². The molecule has 4 nitrogen and oxygen atoms in total. The molecule has 3 aliphatic rings. The normalized spacial score (nSPS) is 26.1. The Morgan fingerprint density at radius 3 is 1.07 bits per heavy atom. The van der Waals surface area contributed by atoms with Crippen LogP contribution in [0.3, 0.4) is 0 Å². The summed E-state index contributed by atoms with van der Waals surface area (Å²) in [5, 5.41) is 0. The summed E-state index contributed by atoms with van der Waals surface area (Å²) in [7, 11) is -0.686. The van der Waals surface area contributed by atoms with Gasteiger partial charge in [-0.2, -0.15) is 0 Å². The Morgan fingerprint density at radius 1 is 0.475 bits per heavy atom. The minimum absolute atomic E-state index is 0.343. The number of hydrogen-bond acceptors (Lipinski definition) is 4. The zero-order valence-electron chi connectivity index (χ0n) is 25.3. The van der Waals surface area contributed by atoms with Gasteiger partial charge in [-0.25, -0.2) is 0 Å². The molecule has 2 fully saturated rings. The first kappa shape index (κ1) is 27.8. The van der Waals surface area contributed by atoms with Gasteiger partial charge in [-0.05, 0) is 113 Å². The molecule has 208 valence electrons. The van der Waals surface area contributed by atoms with E-state index in [0.717, 1.165) is 23.8 Å². The van der Waals surface area contributed by atoms with Crippen molar-refractivity contribution < 1.29 is 18.6 Å². The molecule has 3 aromatic carbocycles. The molecule has 6 rings (SSSR count). The molecule has 0 radical (unpaired) electrons. The van der Waals surface area contributed by atoms with Gasteiger partial charge >= 0.3 is 14.2 Å². The maximum absolute atomic E-state index is 6.31. The molecule has 1 aliphatic carbocycles. The molecule has 2 unspecified atom stereocenters. The average molecular weight is 536 g/mol. The van der Waals surface area contributed by atoms with E-state index in [4.69, 9.17) is 18.6 Å². The minimum Gasteiger partial charge on any atom is -0.399 e. The quantitative estimate of drug-likeness (QED) is 0.387. The maximum atomic E-state index is 6.31. The summed E-state index contributed by atoms with van der Waals surface area (Å²) in [6.45, 7) is 16.8. The van der Waals surface area contributed by atoms with Crippen molar-refractivity contribution in [3.05, 3.63) is 95.1 Å². The van der Waals surface area contributed by atoms with Crippen LogP contribution >= 0.6 is 0 Å². The van der Waals surface area contributed by atoms with E-state index in [1.807, 2.05) is 0 Å². The highest BCUT2D eigenvalue weighted by atomic mass is 16.7. The van der Waals surface area contributed by atoms with Crippen molar-refractivity contribution in [3.8, 4) is 0 Å². The minimum atomic E-state index is -0.346. The average Bonchev–Trinajstić information content (AvgIpc) is 3.27. The summed E-state index contributed by atoms with van der Waals surface area (Å²) in [4.78, 5) is 0. The van der Waals surface area contributed by atoms with Crippen LogP contribution in [0.15, 0.2) is 72.8 Å². The topological polar surface area (TPSA) is 36.9 Å². The number of benzene rings is 3. The molecule has 2 atom stereocenters. The lowest BCUT2D eigenvalue weighted by Crippen LogP contribution is -2.41. The number of fused-ring (bicyclic) bond motifs is 1. The van der Waals surface area contributed by atoms with Crippen LogP contribution in [0.2, 0.25) is 0 Å². The molecule has 2 saturated heterocycles. The first-order valence-corrected chi connectivity index (χ1v) is 14.7. The van der Waals surface area contributed by atoms with Crippen molar-refractivity contribution in [1.82, 2.24) is 0 Å². The summed E-state index contributed by atoms with van der Waals surface area (Å²) >= 11 is 0. The molecule has 3 aromatic rings. The van der Waals surface area contributed by atoms with Crippen LogP contribution in [0.5, 0.6) is 0 Å². The maximum Gasteiger partial charge on any atom is 0.494 e. The molecule has 0 amide bonds. The third-order valence-electron chi connectivity index (χ3n) is 10.3. The van der Waals surface area contributed by atoms with Gasteiger partial charge in [0.2, 0.25) is 0 Å². The zero-order valence-corrected chi connectivity index (χ0v) is 25.3. The lowest BCUT2D eigenvalue weighted by molar-refractivity contribution is 0.00578. The van der Waals surface area contributed by atoms with E-state index >= 15 is 0 Å². The Morgan fingerprint density at radius 2 is 0.775 bits per heavy atom. The summed E-state index contributed by atoms with van der Waals surface area (Å²) in [5.74, 6) is 0.759. The van der Waals surface area contributed by atoms with Gasteiger partial charge in [0.15, 0.2) is 0 Å². The van der Waals surface area contributed by atoms with Gasteiger partial charge in [0, 0.05) is 0 Å². The van der Waals surface area contributed by atoms with Gasteiger partial charge in [-0.3, -0.25) is 0 Å². The highest BCUT2D eigenvalue weighted by Crippen LogP contribution is 2.43. The fourth-order valence-electron chi connectivity index (χ4n) is 6.17. The summed E-state index contributed by atoms with van der Waals surface area (Å²) < 4.78 is 25.2. The second kappa shape index (κ2) is 9.59. The van der Waals surface area contributed by atoms with Crippen LogP contribution < -0.4 is 10.9 Å². The predicted octanol–water partition coefficient (Wildman–Crippen LogP) is 5.95. The van der Waals surface area contributed by atoms with E-state index in [1.165, 1.54) is 22.3 Å². The van der Waals surface area contributed by atoms with Crippen molar-refractivity contribution in [2.75, 3.05) is 0 Å². The van der Waals surface area contributed by atoms with Gasteiger partial charge in [0.05, 0.1) is 22.4 Å². The van der Waals surface area contributed by atoms with E-state index in [1.54, 1.807) is 0 Å². The van der Waals surface area contributed by atoms with E-state index in [9.17, 15) is 0 Å². The largest absolute Gasteiger partial charge is 0.494 e. The third-order valence-corrected chi connectivity index (χ3v) is 10.3. The molecule has 0 N–H and O–H groups in total. The Balaban J connectivity index is 1.27. The summed E-state index contributed by atoms with van der Waals surface area (Å²) in [6, 6.07) is 26.8. The van der Waals surface area contributed by atoms with E-state index in [2.05, 4.69) is 128 Å². The lowest BCUT2D eigenvalue weighted by atomic mass is 9.68. The van der Waals surface area contributed by atoms with Gasteiger partial charge < -0.3 is 18.6 Å². The van der Waals surface area contributed by atoms with E-state index in [0.29, 0.717) is 11.8 Å². The Hall–Kier alpha value is -2.37. The molecular formula is C34H42B2O4. The van der Waals surface area contributed by atoms with Crippen molar-refractivity contribution in [2.45, 2.75) is 102 Å². The van der Waals surface area contributed by atoms with Crippen LogP contribution in [-0.2, 0) is 31.5 Å². The van der Waals surface area contributed by atoms with Crippen molar-refractivity contribution in [1.29, 1.82) is 0 Å². The van der Waals surface area contributed by atoms with Crippen LogP contribution in [0.1, 0.15) is 89.5 Å². The van der Waals surface area contributed by atoms with E-state index < -0.39 is 0 Å². The lowest BCUT2D eigenvalue weighted by Gasteiger charge is -2.34. The Labute approximate surface area is 241 Å².